The van der Waals surface area contributed by atoms with Crippen LogP contribution in [0, 0.1) is 0 Å². The Morgan fingerprint density at radius 2 is 0.286 bits per heavy atom. The van der Waals surface area contributed by atoms with Gasteiger partial charge in [0.25, 0.3) is 0 Å². The minimum absolute atomic E-state index is 0. The molecule has 0 heterocycles. The van der Waals surface area contributed by atoms with Crippen LogP contribution in [0.15, 0.2) is 72.8 Å². The molecule has 0 atom stereocenters. The van der Waals surface area contributed by atoms with Crippen molar-refractivity contribution >= 4 is 0 Å². The van der Waals surface area contributed by atoms with E-state index >= 15 is 0 Å². The normalized spacial score (nSPS) is 5.14. The van der Waals surface area contributed by atoms with Gasteiger partial charge in [0.05, 0.1) is 0 Å². The molecular formula is C21H44. The second-order valence-electron chi connectivity index (χ2n) is 2.31. The molecule has 0 saturated carbocycles. The van der Waals surface area contributed by atoms with Gasteiger partial charge in [-0.05, 0) is 0 Å². The minimum atomic E-state index is 0. The highest BCUT2D eigenvalue weighted by Gasteiger charge is 1.58. The molecule has 0 nitrogen and oxygen atoms in total. The summed E-state index contributed by atoms with van der Waals surface area (Å²) in [4.78, 5) is 0. The van der Waals surface area contributed by atoms with Gasteiger partial charge in [0.15, 0.2) is 0 Å². The Labute approximate surface area is 138 Å². The van der Waals surface area contributed by atoms with Crippen LogP contribution < -0.4 is 0 Å². The van der Waals surface area contributed by atoms with Gasteiger partial charge in [-0.15, -0.1) is 0 Å². The summed E-state index contributed by atoms with van der Waals surface area (Å²) < 4.78 is 0. The molecule has 0 N–H and O–H groups in total. The van der Waals surface area contributed by atoms with Crippen LogP contribution in [0.1, 0.15) is 64.8 Å². The molecule has 0 radical (unpaired) electrons. The van der Waals surface area contributed by atoms with E-state index in [1.54, 1.807) is 0 Å². The summed E-state index contributed by atoms with van der Waals surface area (Å²) in [5.74, 6) is 0. The lowest BCUT2D eigenvalue weighted by atomic mass is 10.4. The predicted molar refractivity (Wildman–Crippen MR) is 109 cm³/mol. The molecule has 0 aliphatic heterocycles. The second-order valence-corrected chi connectivity index (χ2v) is 2.31. The first-order valence-electron chi connectivity index (χ1n) is 6.00. The molecule has 0 fully saturated rings. The van der Waals surface area contributed by atoms with Crippen molar-refractivity contribution in [2.75, 3.05) is 0 Å². The zero-order chi connectivity index (χ0) is 12.5. The van der Waals surface area contributed by atoms with Gasteiger partial charge in [-0.25, -0.2) is 0 Å². The van der Waals surface area contributed by atoms with Crippen LogP contribution in [-0.2, 0) is 0 Å². The number of hydrogen-bond acceptors (Lipinski definition) is 0. The van der Waals surface area contributed by atoms with E-state index < -0.39 is 0 Å². The first-order chi connectivity index (χ1) is 8.00. The Kier molecular flexibility index (Phi) is 105. The third-order valence-electron chi connectivity index (χ3n) is 1.33. The molecule has 0 bridgehead atoms. The molecule has 0 saturated heterocycles. The van der Waals surface area contributed by atoms with Crippen LogP contribution in [0.4, 0.5) is 0 Å². The number of hydrogen-bond donors (Lipinski definition) is 0. The summed E-state index contributed by atoms with van der Waals surface area (Å²) >= 11 is 0. The predicted octanol–water partition coefficient (Wildman–Crippen LogP) is 8.61. The molecule has 0 amide bonds. The van der Waals surface area contributed by atoms with Crippen LogP contribution in [0.2, 0.25) is 0 Å². The van der Waals surface area contributed by atoms with E-state index in [1.807, 2.05) is 100 Å². The highest BCUT2D eigenvalue weighted by atomic mass is 13.7. The maximum Gasteiger partial charge on any atom is -0.0623 e. The first kappa shape index (κ1) is 42.7. The summed E-state index contributed by atoms with van der Waals surface area (Å²) in [6.45, 7) is 8.00. The van der Waals surface area contributed by atoms with Crippen LogP contribution >= 0.6 is 0 Å². The first-order valence-corrected chi connectivity index (χ1v) is 6.00. The monoisotopic (exact) mass is 296 g/mol. The maximum absolute atomic E-state index is 2.00. The average Bonchev–Trinajstić information content (AvgIpc) is 2.48. The summed E-state index contributed by atoms with van der Waals surface area (Å²) in [6.07, 6.45) is 0. The zero-order valence-corrected chi connectivity index (χ0v) is 10.9. The van der Waals surface area contributed by atoms with E-state index in [0.717, 1.165) is 0 Å². The zero-order valence-electron chi connectivity index (χ0n) is 10.9. The molecule has 0 heteroatoms. The van der Waals surface area contributed by atoms with E-state index in [2.05, 4.69) is 0 Å². The van der Waals surface area contributed by atoms with Gasteiger partial charge in [-0.2, -0.15) is 0 Å². The fourth-order valence-corrected chi connectivity index (χ4v) is 0.770. The number of benzene rings is 2. The summed E-state index contributed by atoms with van der Waals surface area (Å²) in [7, 11) is 0. The Morgan fingerprint density at radius 3 is 0.333 bits per heavy atom. The summed E-state index contributed by atoms with van der Waals surface area (Å²) in [5.41, 5.74) is 0. The van der Waals surface area contributed by atoms with Gasteiger partial charge in [0.2, 0.25) is 0 Å². The van der Waals surface area contributed by atoms with Crippen LogP contribution in [0.5, 0.6) is 0 Å². The van der Waals surface area contributed by atoms with E-state index in [9.17, 15) is 0 Å². The van der Waals surface area contributed by atoms with Gasteiger partial charge in [0.1, 0.15) is 0 Å². The number of rotatable bonds is 0. The molecule has 2 rings (SSSR count). The molecule has 0 aliphatic carbocycles. The van der Waals surface area contributed by atoms with Crippen LogP contribution in [-0.4, -0.2) is 0 Å². The van der Waals surface area contributed by atoms with Crippen molar-refractivity contribution in [1.82, 2.24) is 0 Å². The molecular weight excluding hydrogens is 252 g/mol. The quantitative estimate of drug-likeness (QED) is 0.456. The van der Waals surface area contributed by atoms with Crippen LogP contribution in [0.3, 0.4) is 0 Å². The van der Waals surface area contributed by atoms with Crippen molar-refractivity contribution in [1.29, 1.82) is 0 Å². The molecule has 21 heavy (non-hydrogen) atoms. The summed E-state index contributed by atoms with van der Waals surface area (Å²) in [6, 6.07) is 24.0. The fraction of sp³-hybridized carbons (Fsp3) is 0.429. The summed E-state index contributed by atoms with van der Waals surface area (Å²) in [5, 5.41) is 0. The molecule has 128 valence electrons. The van der Waals surface area contributed by atoms with Crippen molar-refractivity contribution in [3.63, 3.8) is 0 Å². The van der Waals surface area contributed by atoms with Gasteiger partial charge >= 0.3 is 0 Å². The third-order valence-corrected chi connectivity index (χ3v) is 1.33. The Balaban J connectivity index is -0.0000000253. The Morgan fingerprint density at radius 1 is 0.238 bits per heavy atom. The van der Waals surface area contributed by atoms with Gasteiger partial charge < -0.3 is 0 Å². The van der Waals surface area contributed by atoms with Crippen LogP contribution in [0.25, 0.3) is 0 Å². The highest BCUT2D eigenvalue weighted by molar-refractivity contribution is 4.99. The topological polar surface area (TPSA) is 0 Å². The smallest absolute Gasteiger partial charge is 0.0623 e. The third kappa shape index (κ3) is 45.7. The van der Waals surface area contributed by atoms with E-state index in [1.165, 1.54) is 0 Å². The lowest BCUT2D eigenvalue weighted by Gasteiger charge is -1.69. The molecule has 2 aromatic carbocycles. The molecule has 2 aromatic rings. The molecule has 0 aliphatic rings. The minimum Gasteiger partial charge on any atom is -0.0776 e. The molecule has 0 aromatic heterocycles. The lowest BCUT2D eigenvalue weighted by Crippen LogP contribution is -1.47. The standard InChI is InChI=1S/2C6H6.2C2H6.5CH4/c2*1-2-4-6-5-3-1;2*1-2;;;;;/h2*1-6H;2*1-2H3;5*1H4. The largest absolute Gasteiger partial charge is 0.0776 e. The Bertz CT molecular complexity index is 175. The average molecular weight is 297 g/mol. The van der Waals surface area contributed by atoms with Crippen molar-refractivity contribution in [3.8, 4) is 0 Å². The van der Waals surface area contributed by atoms with Crippen molar-refractivity contribution in [2.45, 2.75) is 64.8 Å². The Hall–Kier alpha value is -1.56. The SMILES string of the molecule is C.C.C.C.C.CC.CC.c1ccccc1.c1ccccc1. The van der Waals surface area contributed by atoms with Gasteiger partial charge in [0, 0.05) is 0 Å². The van der Waals surface area contributed by atoms with Gasteiger partial charge in [-0.3, -0.25) is 0 Å². The lowest BCUT2D eigenvalue weighted by molar-refractivity contribution is 1.50. The highest BCUT2D eigenvalue weighted by Crippen LogP contribution is 1.80. The van der Waals surface area contributed by atoms with Crippen molar-refractivity contribution in [3.05, 3.63) is 72.8 Å². The fourth-order valence-electron chi connectivity index (χ4n) is 0.770. The van der Waals surface area contributed by atoms with Crippen molar-refractivity contribution in [2.24, 2.45) is 0 Å². The van der Waals surface area contributed by atoms with E-state index in [4.69, 9.17) is 0 Å². The van der Waals surface area contributed by atoms with E-state index in [0.29, 0.717) is 0 Å². The van der Waals surface area contributed by atoms with Gasteiger partial charge in [-0.1, -0.05) is 138 Å². The van der Waals surface area contributed by atoms with Crippen molar-refractivity contribution < 1.29 is 0 Å². The second kappa shape index (κ2) is 51.5. The van der Waals surface area contributed by atoms with E-state index in [-0.39, 0.29) is 37.1 Å². The molecule has 0 spiro atoms. The molecule has 0 unspecified atom stereocenters. The maximum atomic E-state index is 2.00.